The molecule has 0 fully saturated rings. The molecule has 1 N–H and O–H groups in total. The van der Waals surface area contributed by atoms with Crippen LogP contribution in [0.15, 0.2) is 48.1 Å². The van der Waals surface area contributed by atoms with E-state index in [1.54, 1.807) is 19.9 Å². The van der Waals surface area contributed by atoms with Crippen molar-refractivity contribution in [2.75, 3.05) is 19.0 Å². The normalized spacial score (nSPS) is 13.2. The molecule has 0 bridgehead atoms. The van der Waals surface area contributed by atoms with E-state index in [-0.39, 0.29) is 11.7 Å². The number of Topliss-reactive ketones (excluding diaryl/α,β-unsaturated/α-hetero) is 1. The monoisotopic (exact) mass is 287 g/mol. The van der Waals surface area contributed by atoms with Crippen molar-refractivity contribution in [2.24, 2.45) is 5.92 Å². The second-order valence-electron chi connectivity index (χ2n) is 5.18. The number of nitrogens with zero attached hydrogens (tertiary/aromatic N) is 1. The molecule has 0 aliphatic carbocycles. The second kappa shape index (κ2) is 7.43. The largest absolute Gasteiger partial charge is 0.478 e. The molecule has 0 spiro atoms. The fourth-order valence-corrected chi connectivity index (χ4v) is 1.92. The maximum atomic E-state index is 12.3. The molecule has 4 heteroatoms. The number of carboxylic acid groups (broad SMARTS) is 1. The highest BCUT2D eigenvalue weighted by atomic mass is 16.4. The van der Waals surface area contributed by atoms with Crippen LogP contribution in [0.3, 0.4) is 0 Å². The van der Waals surface area contributed by atoms with Crippen LogP contribution in [0.25, 0.3) is 0 Å². The van der Waals surface area contributed by atoms with Gasteiger partial charge in [-0.15, -0.1) is 0 Å². The van der Waals surface area contributed by atoms with Gasteiger partial charge in [-0.25, -0.2) is 4.79 Å². The third-order valence-corrected chi connectivity index (χ3v) is 3.08. The molecular formula is C17H21NO3. The van der Waals surface area contributed by atoms with Crippen LogP contribution in [0.4, 0.5) is 5.69 Å². The summed E-state index contributed by atoms with van der Waals surface area (Å²) in [6.45, 7) is 3.58. The van der Waals surface area contributed by atoms with E-state index < -0.39 is 5.97 Å². The summed E-state index contributed by atoms with van der Waals surface area (Å²) in [6, 6.07) is 7.43. The van der Waals surface area contributed by atoms with Gasteiger partial charge in [0.25, 0.3) is 0 Å². The third kappa shape index (κ3) is 5.26. The average Bonchev–Trinajstić information content (AvgIpc) is 2.44. The van der Waals surface area contributed by atoms with Gasteiger partial charge in [0.1, 0.15) is 0 Å². The van der Waals surface area contributed by atoms with Crippen molar-refractivity contribution >= 4 is 17.4 Å². The minimum atomic E-state index is -0.999. The Morgan fingerprint density at radius 2 is 1.71 bits per heavy atom. The number of carbonyl (C=O) groups excluding carboxylic acids is 1. The Labute approximate surface area is 125 Å². The molecule has 21 heavy (non-hydrogen) atoms. The molecule has 0 aliphatic rings. The molecule has 1 aromatic carbocycles. The molecule has 1 rings (SSSR count). The number of allylic oxidation sites excluding steroid dienone is 3. The Morgan fingerprint density at radius 3 is 2.19 bits per heavy atom. The lowest BCUT2D eigenvalue weighted by atomic mass is 9.97. The number of hydrogen-bond acceptors (Lipinski definition) is 3. The quantitative estimate of drug-likeness (QED) is 0.496. The summed E-state index contributed by atoms with van der Waals surface area (Å²) in [6.07, 6.45) is 4.32. The number of rotatable bonds is 6. The molecule has 1 aromatic rings. The van der Waals surface area contributed by atoms with Crippen molar-refractivity contribution in [1.29, 1.82) is 0 Å². The summed E-state index contributed by atoms with van der Waals surface area (Å²) in [5.74, 6) is -1.28. The molecule has 4 nitrogen and oxygen atoms in total. The summed E-state index contributed by atoms with van der Waals surface area (Å²) in [5.41, 5.74) is 2.44. The van der Waals surface area contributed by atoms with Gasteiger partial charge in [-0.2, -0.15) is 0 Å². The predicted octanol–water partition coefficient (Wildman–Crippen LogP) is 3.16. The lowest BCUT2D eigenvalue weighted by molar-refractivity contribution is -0.131. The molecule has 0 saturated heterocycles. The van der Waals surface area contributed by atoms with Crippen molar-refractivity contribution in [3.05, 3.63) is 53.6 Å². The summed E-state index contributed by atoms with van der Waals surface area (Å²) < 4.78 is 0. The summed E-state index contributed by atoms with van der Waals surface area (Å²) in [5, 5.41) is 8.57. The Bertz CT molecular complexity index is 568. The zero-order valence-electron chi connectivity index (χ0n) is 12.8. The van der Waals surface area contributed by atoms with E-state index >= 15 is 0 Å². The molecule has 1 atom stereocenters. The maximum absolute atomic E-state index is 12.3. The van der Waals surface area contributed by atoms with Gasteiger partial charge < -0.3 is 10.0 Å². The number of benzene rings is 1. The van der Waals surface area contributed by atoms with Gasteiger partial charge in [0.05, 0.1) is 0 Å². The standard InChI is InChI=1S/C17H21NO3/c1-12(5-10-16(19)20)11-13(2)17(21)14-6-8-15(9-7-14)18(3)4/h5-11,13H,1-4H3,(H,19,20)/b10-5+,12-11?/t13-/m1/s1. The number of aliphatic carboxylic acids is 1. The third-order valence-electron chi connectivity index (χ3n) is 3.08. The van der Waals surface area contributed by atoms with Gasteiger partial charge in [0, 0.05) is 37.3 Å². The number of carbonyl (C=O) groups is 2. The highest BCUT2D eigenvalue weighted by Crippen LogP contribution is 2.16. The van der Waals surface area contributed by atoms with E-state index in [4.69, 9.17) is 5.11 Å². The van der Waals surface area contributed by atoms with Crippen LogP contribution in [-0.2, 0) is 4.79 Å². The number of hydrogen-bond donors (Lipinski definition) is 1. The van der Waals surface area contributed by atoms with Gasteiger partial charge in [-0.05, 0) is 31.2 Å². The van der Waals surface area contributed by atoms with Gasteiger partial charge in [-0.3, -0.25) is 4.79 Å². The first-order chi connectivity index (χ1) is 9.81. The Hall–Kier alpha value is -2.36. The second-order valence-corrected chi connectivity index (χ2v) is 5.18. The van der Waals surface area contributed by atoms with Crippen LogP contribution in [0.5, 0.6) is 0 Å². The van der Waals surface area contributed by atoms with E-state index in [1.807, 2.05) is 43.3 Å². The molecule has 0 aromatic heterocycles. The predicted molar refractivity (Wildman–Crippen MR) is 84.8 cm³/mol. The molecule has 0 unspecified atom stereocenters. The van der Waals surface area contributed by atoms with Gasteiger partial charge >= 0.3 is 5.97 Å². The fourth-order valence-electron chi connectivity index (χ4n) is 1.92. The van der Waals surface area contributed by atoms with E-state index in [0.717, 1.165) is 17.3 Å². The molecular weight excluding hydrogens is 266 g/mol. The first-order valence-corrected chi connectivity index (χ1v) is 6.72. The van der Waals surface area contributed by atoms with Crippen molar-refractivity contribution in [3.63, 3.8) is 0 Å². The van der Waals surface area contributed by atoms with Gasteiger partial charge in [0.2, 0.25) is 0 Å². The number of anilines is 1. The highest BCUT2D eigenvalue weighted by Gasteiger charge is 2.13. The van der Waals surface area contributed by atoms with Gasteiger partial charge in [-0.1, -0.05) is 24.6 Å². The lowest BCUT2D eigenvalue weighted by Gasteiger charge is -2.13. The Balaban J connectivity index is 2.82. The smallest absolute Gasteiger partial charge is 0.328 e. The van der Waals surface area contributed by atoms with Crippen LogP contribution in [0.1, 0.15) is 24.2 Å². The fraction of sp³-hybridized carbons (Fsp3) is 0.294. The summed E-state index contributed by atoms with van der Waals surface area (Å²) in [4.78, 5) is 24.7. The van der Waals surface area contributed by atoms with E-state index in [1.165, 1.54) is 6.08 Å². The van der Waals surface area contributed by atoms with Crippen molar-refractivity contribution in [1.82, 2.24) is 0 Å². The average molecular weight is 287 g/mol. The first kappa shape index (κ1) is 16.7. The Kier molecular flexibility index (Phi) is 5.91. The zero-order chi connectivity index (χ0) is 16.0. The lowest BCUT2D eigenvalue weighted by Crippen LogP contribution is -2.11. The summed E-state index contributed by atoms with van der Waals surface area (Å²) >= 11 is 0. The number of carboxylic acids is 1. The highest BCUT2D eigenvalue weighted by molar-refractivity contribution is 5.99. The van der Waals surface area contributed by atoms with Crippen molar-refractivity contribution in [3.8, 4) is 0 Å². The van der Waals surface area contributed by atoms with Crippen LogP contribution in [0.2, 0.25) is 0 Å². The zero-order valence-corrected chi connectivity index (χ0v) is 12.8. The molecule has 0 saturated carbocycles. The SMILES string of the molecule is CC(=C[C@@H](C)C(=O)c1ccc(N(C)C)cc1)/C=C/C(=O)O. The number of ketones is 1. The summed E-state index contributed by atoms with van der Waals surface area (Å²) in [7, 11) is 3.89. The molecule has 0 amide bonds. The van der Waals surface area contributed by atoms with Crippen LogP contribution in [-0.4, -0.2) is 31.0 Å². The molecule has 112 valence electrons. The van der Waals surface area contributed by atoms with Crippen molar-refractivity contribution < 1.29 is 14.7 Å². The van der Waals surface area contributed by atoms with Crippen molar-refractivity contribution in [2.45, 2.75) is 13.8 Å². The maximum Gasteiger partial charge on any atom is 0.328 e. The first-order valence-electron chi connectivity index (χ1n) is 6.72. The van der Waals surface area contributed by atoms with Crippen LogP contribution >= 0.6 is 0 Å². The van der Waals surface area contributed by atoms with Gasteiger partial charge in [0.15, 0.2) is 5.78 Å². The van der Waals surface area contributed by atoms with E-state index in [2.05, 4.69) is 0 Å². The minimum Gasteiger partial charge on any atom is -0.478 e. The topological polar surface area (TPSA) is 57.6 Å². The van der Waals surface area contributed by atoms with E-state index in [9.17, 15) is 9.59 Å². The minimum absolute atomic E-state index is 0.0170. The molecule has 0 aliphatic heterocycles. The Morgan fingerprint density at radius 1 is 1.14 bits per heavy atom. The van der Waals surface area contributed by atoms with E-state index in [0.29, 0.717) is 5.56 Å². The molecule has 0 radical (unpaired) electrons. The van der Waals surface area contributed by atoms with Crippen LogP contribution in [0, 0.1) is 5.92 Å². The van der Waals surface area contributed by atoms with Crippen LogP contribution < -0.4 is 4.90 Å². The molecule has 0 heterocycles.